The van der Waals surface area contributed by atoms with Crippen LogP contribution in [0.5, 0.6) is 0 Å². The Balaban J connectivity index is 0.000000810. The lowest BCUT2D eigenvalue weighted by Crippen LogP contribution is -2.44. The summed E-state index contributed by atoms with van der Waals surface area (Å²) in [6.07, 6.45) is 2.92. The molecule has 1 aliphatic rings. The number of quaternary nitrogens is 1. The van der Waals surface area contributed by atoms with Crippen LogP contribution in [-0.4, -0.2) is 36.1 Å². The largest absolute Gasteiger partial charge is 0.870 e. The maximum absolute atomic E-state index is 2.31. The van der Waals surface area contributed by atoms with Crippen molar-refractivity contribution in [3.8, 4) is 0 Å². The van der Waals surface area contributed by atoms with E-state index < -0.39 is 0 Å². The molecule has 0 aromatic rings. The third kappa shape index (κ3) is 1.70. The molecule has 2 heteroatoms. The van der Waals surface area contributed by atoms with Gasteiger partial charge < -0.3 is 9.96 Å². The minimum Gasteiger partial charge on any atom is -0.870 e. The average Bonchev–Trinajstić information content (AvgIpc) is 2.36. The van der Waals surface area contributed by atoms with Crippen LogP contribution in [0.1, 0.15) is 26.7 Å². The van der Waals surface area contributed by atoms with Gasteiger partial charge in [0.05, 0.1) is 26.2 Å². The van der Waals surface area contributed by atoms with Gasteiger partial charge in [-0.2, -0.15) is 0 Å². The molecule has 0 unspecified atom stereocenters. The Kier molecular flexibility index (Phi) is 3.91. The van der Waals surface area contributed by atoms with Crippen molar-refractivity contribution < 1.29 is 9.96 Å². The predicted octanol–water partition coefficient (Wildman–Crippen LogP) is 1.46. The van der Waals surface area contributed by atoms with Crippen LogP contribution in [-0.2, 0) is 0 Å². The van der Waals surface area contributed by atoms with Gasteiger partial charge >= 0.3 is 0 Å². The maximum atomic E-state index is 2.31. The SMILES string of the molecule is CC[N+]1(CC)CCCC1.[OH-]. The number of hydrogen-bond donors (Lipinski definition) is 0. The molecular weight excluding hydrogens is 126 g/mol. The van der Waals surface area contributed by atoms with Crippen LogP contribution in [0.25, 0.3) is 0 Å². The van der Waals surface area contributed by atoms with Crippen molar-refractivity contribution in [3.05, 3.63) is 0 Å². The van der Waals surface area contributed by atoms with E-state index in [9.17, 15) is 0 Å². The molecule has 0 aromatic heterocycles. The number of nitrogens with zero attached hydrogens (tertiary/aromatic N) is 1. The van der Waals surface area contributed by atoms with Crippen LogP contribution in [0.15, 0.2) is 0 Å². The predicted molar refractivity (Wildman–Crippen MR) is 42.2 cm³/mol. The van der Waals surface area contributed by atoms with Crippen LogP contribution in [0.4, 0.5) is 0 Å². The molecule has 0 radical (unpaired) electrons. The summed E-state index contributed by atoms with van der Waals surface area (Å²) in [6.45, 7) is 10.2. The van der Waals surface area contributed by atoms with Gasteiger partial charge in [-0.3, -0.25) is 0 Å². The summed E-state index contributed by atoms with van der Waals surface area (Å²) in [7, 11) is 0. The van der Waals surface area contributed by atoms with Crippen LogP contribution in [0.3, 0.4) is 0 Å². The van der Waals surface area contributed by atoms with E-state index in [0.29, 0.717) is 0 Å². The van der Waals surface area contributed by atoms with Crippen molar-refractivity contribution in [1.82, 2.24) is 0 Å². The Bertz CT molecular complexity index is 81.3. The van der Waals surface area contributed by atoms with Crippen molar-refractivity contribution in [1.29, 1.82) is 0 Å². The highest BCUT2D eigenvalue weighted by molar-refractivity contribution is 4.51. The molecule has 2 nitrogen and oxygen atoms in total. The third-order valence-electron chi connectivity index (χ3n) is 2.86. The highest BCUT2D eigenvalue weighted by Gasteiger charge is 2.27. The fourth-order valence-electron chi connectivity index (χ4n) is 1.86. The Hall–Kier alpha value is -0.0800. The molecular formula is C8H19NO. The molecule has 0 saturated carbocycles. The number of rotatable bonds is 2. The van der Waals surface area contributed by atoms with Crippen LogP contribution < -0.4 is 0 Å². The van der Waals surface area contributed by atoms with Gasteiger partial charge in [0.2, 0.25) is 0 Å². The summed E-state index contributed by atoms with van der Waals surface area (Å²) in [6, 6.07) is 0. The Labute approximate surface area is 63.7 Å². The lowest BCUT2D eigenvalue weighted by molar-refractivity contribution is -0.913. The molecule has 0 amide bonds. The topological polar surface area (TPSA) is 30.0 Å². The monoisotopic (exact) mass is 145 g/mol. The molecule has 0 bridgehead atoms. The zero-order valence-electron chi connectivity index (χ0n) is 7.14. The fourth-order valence-corrected chi connectivity index (χ4v) is 1.86. The van der Waals surface area contributed by atoms with Gasteiger partial charge in [0.1, 0.15) is 0 Å². The van der Waals surface area contributed by atoms with Crippen molar-refractivity contribution in [2.45, 2.75) is 26.7 Å². The molecule has 0 aliphatic carbocycles. The molecule has 1 fully saturated rings. The second-order valence-corrected chi connectivity index (χ2v) is 3.13. The Morgan fingerprint density at radius 3 is 1.60 bits per heavy atom. The smallest absolute Gasteiger partial charge is 0.0788 e. The first-order chi connectivity index (χ1) is 4.33. The summed E-state index contributed by atoms with van der Waals surface area (Å²) in [5, 5.41) is 0. The highest BCUT2D eigenvalue weighted by atomic mass is 16.0. The molecule has 1 heterocycles. The normalized spacial score (nSPS) is 22.2. The summed E-state index contributed by atoms with van der Waals surface area (Å²) in [5.41, 5.74) is 0. The molecule has 0 aromatic carbocycles. The average molecular weight is 145 g/mol. The van der Waals surface area contributed by atoms with Crippen molar-refractivity contribution in [3.63, 3.8) is 0 Å². The van der Waals surface area contributed by atoms with E-state index in [1.165, 1.54) is 43.5 Å². The van der Waals surface area contributed by atoms with Crippen molar-refractivity contribution >= 4 is 0 Å². The minimum atomic E-state index is 0. The van der Waals surface area contributed by atoms with E-state index in [0.717, 1.165) is 0 Å². The van der Waals surface area contributed by atoms with Crippen LogP contribution in [0, 0.1) is 0 Å². The van der Waals surface area contributed by atoms with Crippen molar-refractivity contribution in [2.24, 2.45) is 0 Å². The minimum absolute atomic E-state index is 0. The first kappa shape index (κ1) is 9.92. The van der Waals surface area contributed by atoms with Gasteiger partial charge in [-0.15, -0.1) is 0 Å². The molecule has 10 heavy (non-hydrogen) atoms. The maximum Gasteiger partial charge on any atom is 0.0788 e. The number of likely N-dealkylation sites (tertiary alicyclic amines) is 1. The highest BCUT2D eigenvalue weighted by Crippen LogP contribution is 2.17. The van der Waals surface area contributed by atoms with E-state index in [-0.39, 0.29) is 5.48 Å². The van der Waals surface area contributed by atoms with Gasteiger partial charge in [-0.05, 0) is 13.8 Å². The van der Waals surface area contributed by atoms with Gasteiger partial charge in [0.15, 0.2) is 0 Å². The van der Waals surface area contributed by atoms with Gasteiger partial charge in [0.25, 0.3) is 0 Å². The summed E-state index contributed by atoms with van der Waals surface area (Å²) in [4.78, 5) is 0. The van der Waals surface area contributed by atoms with Crippen LogP contribution in [0.2, 0.25) is 0 Å². The molecule has 0 atom stereocenters. The zero-order valence-corrected chi connectivity index (χ0v) is 7.14. The lowest BCUT2D eigenvalue weighted by atomic mass is 10.4. The van der Waals surface area contributed by atoms with Gasteiger partial charge in [0, 0.05) is 12.8 Å². The first-order valence-electron chi connectivity index (χ1n) is 4.18. The molecule has 1 rings (SSSR count). The second kappa shape index (κ2) is 3.94. The van der Waals surface area contributed by atoms with E-state index in [2.05, 4.69) is 13.8 Å². The second-order valence-electron chi connectivity index (χ2n) is 3.13. The molecule has 1 N–H and O–H groups in total. The standard InChI is InChI=1S/C8H18N.H2O/c1-3-9(4-2)7-5-6-8-9;/h3-8H2,1-2H3;1H2/q+1;/p-1. The Morgan fingerprint density at radius 2 is 1.40 bits per heavy atom. The third-order valence-corrected chi connectivity index (χ3v) is 2.86. The molecule has 0 spiro atoms. The first-order valence-corrected chi connectivity index (χ1v) is 4.18. The summed E-state index contributed by atoms with van der Waals surface area (Å²) in [5.74, 6) is 0. The lowest BCUT2D eigenvalue weighted by Gasteiger charge is -2.31. The van der Waals surface area contributed by atoms with Gasteiger partial charge in [-0.1, -0.05) is 0 Å². The van der Waals surface area contributed by atoms with E-state index >= 15 is 0 Å². The zero-order chi connectivity index (χ0) is 6.74. The summed E-state index contributed by atoms with van der Waals surface area (Å²) < 4.78 is 1.39. The van der Waals surface area contributed by atoms with E-state index in [1.54, 1.807) is 0 Å². The Morgan fingerprint density at radius 1 is 1.00 bits per heavy atom. The fraction of sp³-hybridized carbons (Fsp3) is 1.00. The molecule has 62 valence electrons. The van der Waals surface area contributed by atoms with E-state index in [1.807, 2.05) is 0 Å². The molecule has 1 saturated heterocycles. The molecule has 1 aliphatic heterocycles. The van der Waals surface area contributed by atoms with Gasteiger partial charge in [-0.25, -0.2) is 0 Å². The van der Waals surface area contributed by atoms with Crippen LogP contribution >= 0.6 is 0 Å². The van der Waals surface area contributed by atoms with Crippen molar-refractivity contribution in [2.75, 3.05) is 26.2 Å². The summed E-state index contributed by atoms with van der Waals surface area (Å²) >= 11 is 0. The number of hydrogen-bond acceptors (Lipinski definition) is 1. The van der Waals surface area contributed by atoms with E-state index in [4.69, 9.17) is 0 Å². The quantitative estimate of drug-likeness (QED) is 0.541.